The molecule has 0 aliphatic heterocycles. The maximum atomic E-state index is 14.3. The van der Waals surface area contributed by atoms with Gasteiger partial charge in [0.25, 0.3) is 23.6 Å². The maximum absolute atomic E-state index is 14.3. The molecule has 0 heterocycles. The molecule has 4 aromatic rings. The third-order valence-electron chi connectivity index (χ3n) is 13.2. The number of nitrogens with two attached hydrogens (primary N) is 6. The number of unbranched alkanes of at least 4 members (excludes halogenated alkanes) is 5. The lowest BCUT2D eigenvalue weighted by Crippen LogP contribution is -2.44. The van der Waals surface area contributed by atoms with Crippen LogP contribution in [0.25, 0.3) is 0 Å². The number of rotatable bonds is 35. The second-order valence-electron chi connectivity index (χ2n) is 19.2. The van der Waals surface area contributed by atoms with Crippen molar-refractivity contribution < 1.29 is 52.6 Å². The molecule has 440 valence electrons. The zero-order chi connectivity index (χ0) is 59.4. The number of methoxy groups -OCH3 is 3. The molecule has 0 saturated heterocycles. The minimum absolute atomic E-state index is 0.0258. The predicted molar refractivity (Wildman–Crippen MR) is 311 cm³/mol. The lowest BCUT2D eigenvalue weighted by molar-refractivity contribution is -0.120. The molecule has 81 heavy (non-hydrogen) atoms. The van der Waals surface area contributed by atoms with Gasteiger partial charge in [-0.3, -0.25) is 38.4 Å². The number of carbonyl (C=O) groups is 8. The van der Waals surface area contributed by atoms with Crippen molar-refractivity contribution in [3.8, 4) is 17.2 Å². The average molecular weight is 1120 g/mol. The number of ether oxygens (including phenoxy) is 3. The lowest BCUT2D eigenvalue weighted by atomic mass is 10.0. The van der Waals surface area contributed by atoms with Crippen LogP contribution in [-0.2, 0) is 19.2 Å². The first-order valence-corrected chi connectivity index (χ1v) is 27.1. The van der Waals surface area contributed by atoms with Crippen LogP contribution in [0.3, 0.4) is 0 Å². The molecule has 0 aromatic heterocycles. The van der Waals surface area contributed by atoms with E-state index in [1.807, 2.05) is 0 Å². The van der Waals surface area contributed by atoms with Gasteiger partial charge in [0.15, 0.2) is 0 Å². The van der Waals surface area contributed by atoms with Crippen LogP contribution in [0.2, 0.25) is 0 Å². The molecule has 0 unspecified atom stereocenters. The second-order valence-corrected chi connectivity index (χ2v) is 19.2. The van der Waals surface area contributed by atoms with Gasteiger partial charge in [0.1, 0.15) is 35.4 Å². The first-order chi connectivity index (χ1) is 38.9. The van der Waals surface area contributed by atoms with Crippen LogP contribution in [0.15, 0.2) is 78.9 Å². The molecule has 24 nitrogen and oxygen atoms in total. The fraction of sp³-hybridized carbons (Fsp3) is 0.439. The fourth-order valence-electron chi connectivity index (χ4n) is 8.63. The molecule has 4 rings (SSSR count). The number of nitrogens with one attached hydrogen (secondary N) is 6. The van der Waals surface area contributed by atoms with E-state index < -0.39 is 65.5 Å². The number of carbonyl (C=O) groups excluding carboxylic acids is 8. The van der Waals surface area contributed by atoms with Crippen molar-refractivity contribution in [1.29, 1.82) is 0 Å². The summed E-state index contributed by atoms with van der Waals surface area (Å²) in [5.74, 6) is -4.46. The summed E-state index contributed by atoms with van der Waals surface area (Å²) in [6, 6.07) is 15.4. The van der Waals surface area contributed by atoms with Gasteiger partial charge >= 0.3 is 0 Å². The van der Waals surface area contributed by atoms with Gasteiger partial charge in [0.05, 0.1) is 44.1 Å². The first kappa shape index (κ1) is 65.4. The van der Waals surface area contributed by atoms with Crippen LogP contribution in [0, 0.1) is 0 Å². The number of primary amides is 1. The Morgan fingerprint density at radius 2 is 0.840 bits per heavy atom. The van der Waals surface area contributed by atoms with E-state index in [1.54, 1.807) is 25.2 Å². The Kier molecular flexibility index (Phi) is 27.5. The van der Waals surface area contributed by atoms with Crippen molar-refractivity contribution >= 4 is 70.0 Å². The van der Waals surface area contributed by atoms with E-state index in [9.17, 15) is 38.4 Å². The summed E-state index contributed by atoms with van der Waals surface area (Å²) in [6.07, 6.45) is 6.38. The highest BCUT2D eigenvalue weighted by atomic mass is 16.5. The molecule has 4 aromatic carbocycles. The van der Waals surface area contributed by atoms with Gasteiger partial charge < -0.3 is 85.4 Å². The molecule has 18 N–H and O–H groups in total. The minimum atomic E-state index is -1.14. The number of amides is 8. The standard InChI is InChI=1S/C57H81N13O11/c1-70(57(78)43(62)17-7-11-28-59)39-16-14-15-35(31-39)51(72)67-44(19-8-12-29-60)54(75)65-37-22-25-48(80-3)41(33-37)52(73)68-45(18-6-5-10-27-58)55(76)66-38-23-26-49(81-4)42(34-38)53(74)69-46(20-9-13-30-61)56(77)64-36-21-24-47(79-2)40(32-36)50(63)71/h14-16,21-26,31-34,43-46H,5-13,17-20,27-30,58-62H2,1-4H3,(H2,63,71)(H,64,77)(H,65,75)(H,66,76)(H,67,72)(H,68,73)(H,69,74)/t43-,44-,45-,46-/m0/s1. The second kappa shape index (κ2) is 34.1. The zero-order valence-electron chi connectivity index (χ0n) is 46.7. The topological polar surface area (TPSA) is 396 Å². The molecule has 0 aliphatic carbocycles. The van der Waals surface area contributed by atoms with E-state index in [1.165, 1.54) is 86.9 Å². The molecular weight excluding hydrogens is 1040 g/mol. The lowest BCUT2D eigenvalue weighted by Gasteiger charge is -2.23. The summed E-state index contributed by atoms with van der Waals surface area (Å²) in [4.78, 5) is 111. The van der Waals surface area contributed by atoms with Gasteiger partial charge in [-0.1, -0.05) is 25.3 Å². The number of hydrogen-bond donors (Lipinski definition) is 12. The van der Waals surface area contributed by atoms with Gasteiger partial charge in [-0.2, -0.15) is 0 Å². The highest BCUT2D eigenvalue weighted by Crippen LogP contribution is 2.27. The monoisotopic (exact) mass is 1120 g/mol. The van der Waals surface area contributed by atoms with Gasteiger partial charge in [-0.25, -0.2) is 0 Å². The minimum Gasteiger partial charge on any atom is -0.496 e. The van der Waals surface area contributed by atoms with E-state index in [0.717, 1.165) is 6.42 Å². The van der Waals surface area contributed by atoms with Crippen molar-refractivity contribution in [2.45, 2.75) is 108 Å². The van der Waals surface area contributed by atoms with E-state index in [0.29, 0.717) is 89.7 Å². The average Bonchev–Trinajstić information content (AvgIpc) is 3.48. The molecule has 4 atom stereocenters. The van der Waals surface area contributed by atoms with Gasteiger partial charge in [-0.05, 0) is 163 Å². The highest BCUT2D eigenvalue weighted by Gasteiger charge is 2.29. The summed E-state index contributed by atoms with van der Waals surface area (Å²) in [5.41, 5.74) is 35.7. The van der Waals surface area contributed by atoms with Crippen molar-refractivity contribution in [1.82, 2.24) is 16.0 Å². The molecule has 24 heteroatoms. The number of likely N-dealkylation sites (N-methyl/N-ethyl adjacent to an activating group) is 1. The third kappa shape index (κ3) is 20.2. The molecule has 0 fully saturated rings. The summed E-state index contributed by atoms with van der Waals surface area (Å²) < 4.78 is 16.3. The summed E-state index contributed by atoms with van der Waals surface area (Å²) in [7, 11) is 5.66. The van der Waals surface area contributed by atoms with Crippen LogP contribution in [0.1, 0.15) is 125 Å². The molecule has 0 radical (unpaired) electrons. The Hall–Kier alpha value is -8.16. The van der Waals surface area contributed by atoms with E-state index in [4.69, 9.17) is 48.6 Å². The van der Waals surface area contributed by atoms with E-state index in [2.05, 4.69) is 31.9 Å². The normalized spacial score (nSPS) is 12.4. The number of anilines is 4. The molecule has 0 spiro atoms. The highest BCUT2D eigenvalue weighted by molar-refractivity contribution is 6.07. The SMILES string of the molecule is COc1ccc(NC(=O)[C@H](CCCCN)NC(=O)c2cc(NC(=O)[C@H](CCCCCN)NC(=O)c3cc(NC(=O)[C@H](CCCCN)NC(=O)c4cccc(N(C)C(=O)[C@@H](N)CCCCN)c4)ccc3OC)ccc2OC)cc1C(N)=O. The van der Waals surface area contributed by atoms with Crippen molar-refractivity contribution in [3.05, 3.63) is 101 Å². The molecular formula is C57H81N13O11. The zero-order valence-corrected chi connectivity index (χ0v) is 46.7. The number of hydrogen-bond acceptors (Lipinski definition) is 16. The van der Waals surface area contributed by atoms with E-state index >= 15 is 0 Å². The van der Waals surface area contributed by atoms with Crippen LogP contribution < -0.4 is 85.4 Å². The van der Waals surface area contributed by atoms with Crippen molar-refractivity contribution in [3.63, 3.8) is 0 Å². The summed E-state index contributed by atoms with van der Waals surface area (Å²) in [6.45, 7) is 1.61. The smallest absolute Gasteiger partial charge is 0.255 e. The summed E-state index contributed by atoms with van der Waals surface area (Å²) in [5, 5.41) is 16.7. The van der Waals surface area contributed by atoms with Gasteiger partial charge in [-0.15, -0.1) is 0 Å². The summed E-state index contributed by atoms with van der Waals surface area (Å²) >= 11 is 0. The Morgan fingerprint density at radius 3 is 1.25 bits per heavy atom. The first-order valence-electron chi connectivity index (χ1n) is 27.1. The Labute approximate surface area is 472 Å². The van der Waals surface area contributed by atoms with Crippen LogP contribution in [0.4, 0.5) is 22.7 Å². The van der Waals surface area contributed by atoms with Crippen molar-refractivity contribution in [2.75, 3.05) is 75.4 Å². The molecule has 8 amide bonds. The fourth-order valence-corrected chi connectivity index (χ4v) is 8.63. The quantitative estimate of drug-likeness (QED) is 0.0294. The van der Waals surface area contributed by atoms with E-state index in [-0.39, 0.29) is 81.7 Å². The van der Waals surface area contributed by atoms with Crippen LogP contribution >= 0.6 is 0 Å². The largest absolute Gasteiger partial charge is 0.496 e. The Bertz CT molecular complexity index is 2780. The maximum Gasteiger partial charge on any atom is 0.255 e. The molecule has 0 aliphatic rings. The van der Waals surface area contributed by atoms with Crippen LogP contribution in [0.5, 0.6) is 17.2 Å². The van der Waals surface area contributed by atoms with Gasteiger partial charge in [0.2, 0.25) is 23.6 Å². The Morgan fingerprint density at radius 1 is 0.469 bits per heavy atom. The number of benzene rings is 4. The molecule has 0 bridgehead atoms. The Balaban J connectivity index is 1.55. The number of nitrogens with zero attached hydrogens (tertiary/aromatic N) is 1. The van der Waals surface area contributed by atoms with Crippen LogP contribution in [-0.4, -0.2) is 126 Å². The van der Waals surface area contributed by atoms with Gasteiger partial charge in [0, 0.05) is 35.4 Å². The third-order valence-corrected chi connectivity index (χ3v) is 13.2. The van der Waals surface area contributed by atoms with Crippen molar-refractivity contribution in [2.24, 2.45) is 34.4 Å². The molecule has 0 saturated carbocycles. The predicted octanol–water partition coefficient (Wildman–Crippen LogP) is 3.22.